The van der Waals surface area contributed by atoms with Crippen molar-refractivity contribution in [2.75, 3.05) is 6.54 Å². The van der Waals surface area contributed by atoms with E-state index in [4.69, 9.17) is 0 Å². The van der Waals surface area contributed by atoms with Crippen molar-refractivity contribution < 1.29 is 9.50 Å². The first-order valence-electron chi connectivity index (χ1n) is 4.91. The first kappa shape index (κ1) is 9.46. The maximum Gasteiger partial charge on any atom is 0.131 e. The molecule has 0 aromatic heterocycles. The molecule has 0 unspecified atom stereocenters. The average molecular weight is 195 g/mol. The molecule has 0 amide bonds. The highest BCUT2D eigenvalue weighted by Crippen LogP contribution is 2.34. The molecule has 1 aliphatic rings. The van der Waals surface area contributed by atoms with Crippen LogP contribution >= 0.6 is 0 Å². The van der Waals surface area contributed by atoms with E-state index in [1.54, 1.807) is 13.0 Å². The first-order valence-corrected chi connectivity index (χ1v) is 4.91. The quantitative estimate of drug-likeness (QED) is 0.720. The zero-order valence-electron chi connectivity index (χ0n) is 8.18. The molecule has 2 rings (SSSR count). The van der Waals surface area contributed by atoms with Crippen LogP contribution in [0.2, 0.25) is 0 Å². The van der Waals surface area contributed by atoms with Gasteiger partial charge in [-0.05, 0) is 37.9 Å². The highest BCUT2D eigenvalue weighted by molar-refractivity contribution is 5.42. The summed E-state index contributed by atoms with van der Waals surface area (Å²) < 4.78 is 13.5. The van der Waals surface area contributed by atoms with E-state index in [2.05, 4.69) is 5.32 Å². The summed E-state index contributed by atoms with van der Waals surface area (Å²) in [4.78, 5) is 0. The standard InChI is InChI=1S/C11H14FNO/c1-7-4-5-8(12)10(11(7)14)9-3-2-6-13-9/h4-5,9,13-14H,2-3,6H2,1H3/t9-/m0/s1. The number of hydrogen-bond donors (Lipinski definition) is 2. The van der Waals surface area contributed by atoms with Crippen LogP contribution in [0, 0.1) is 12.7 Å². The number of hydrogen-bond acceptors (Lipinski definition) is 2. The minimum Gasteiger partial charge on any atom is -0.507 e. The normalized spacial score (nSPS) is 21.4. The number of nitrogens with one attached hydrogen (secondary N) is 1. The first-order chi connectivity index (χ1) is 6.70. The predicted molar refractivity (Wildman–Crippen MR) is 52.8 cm³/mol. The topological polar surface area (TPSA) is 32.3 Å². The highest BCUT2D eigenvalue weighted by Gasteiger charge is 2.23. The van der Waals surface area contributed by atoms with Gasteiger partial charge < -0.3 is 10.4 Å². The summed E-state index contributed by atoms with van der Waals surface area (Å²) in [6, 6.07) is 3.00. The summed E-state index contributed by atoms with van der Waals surface area (Å²) in [6.07, 6.45) is 1.94. The van der Waals surface area contributed by atoms with E-state index < -0.39 is 0 Å². The third-order valence-corrected chi connectivity index (χ3v) is 2.77. The fourth-order valence-corrected chi connectivity index (χ4v) is 1.95. The van der Waals surface area contributed by atoms with E-state index >= 15 is 0 Å². The molecule has 0 radical (unpaired) electrons. The summed E-state index contributed by atoms with van der Waals surface area (Å²) in [7, 11) is 0. The van der Waals surface area contributed by atoms with Gasteiger partial charge in [-0.1, -0.05) is 6.07 Å². The molecule has 76 valence electrons. The Hall–Kier alpha value is -1.09. The summed E-state index contributed by atoms with van der Waals surface area (Å²) >= 11 is 0. The van der Waals surface area contributed by atoms with E-state index in [9.17, 15) is 9.50 Å². The van der Waals surface area contributed by atoms with E-state index in [1.165, 1.54) is 6.07 Å². The van der Waals surface area contributed by atoms with Crippen molar-refractivity contribution in [3.8, 4) is 5.75 Å². The molecule has 0 spiro atoms. The molecule has 2 nitrogen and oxygen atoms in total. The zero-order valence-corrected chi connectivity index (χ0v) is 8.18. The van der Waals surface area contributed by atoms with Crippen LogP contribution < -0.4 is 5.32 Å². The number of halogens is 1. The van der Waals surface area contributed by atoms with Gasteiger partial charge in [-0.3, -0.25) is 0 Å². The number of phenolic OH excluding ortho intramolecular Hbond substituents is 1. The maximum absolute atomic E-state index is 13.5. The predicted octanol–water partition coefficient (Wildman–Crippen LogP) is 2.26. The molecule has 1 aromatic rings. The van der Waals surface area contributed by atoms with Gasteiger partial charge in [0.05, 0.1) is 0 Å². The van der Waals surface area contributed by atoms with Crippen molar-refractivity contribution in [2.45, 2.75) is 25.8 Å². The second-order valence-corrected chi connectivity index (χ2v) is 3.78. The Kier molecular flexibility index (Phi) is 2.42. The fraction of sp³-hybridized carbons (Fsp3) is 0.455. The van der Waals surface area contributed by atoms with E-state index in [1.807, 2.05) is 0 Å². The Balaban J connectivity index is 2.44. The minimum atomic E-state index is -0.312. The van der Waals surface area contributed by atoms with Crippen molar-refractivity contribution in [3.63, 3.8) is 0 Å². The van der Waals surface area contributed by atoms with Crippen LogP contribution in [0.15, 0.2) is 12.1 Å². The minimum absolute atomic E-state index is 0.0186. The molecule has 3 heteroatoms. The maximum atomic E-state index is 13.5. The largest absolute Gasteiger partial charge is 0.507 e. The van der Waals surface area contributed by atoms with Gasteiger partial charge in [0.1, 0.15) is 11.6 Å². The molecule has 0 aliphatic carbocycles. The Morgan fingerprint density at radius 1 is 1.50 bits per heavy atom. The van der Waals surface area contributed by atoms with Crippen LogP contribution in [0.25, 0.3) is 0 Å². The summed E-state index contributed by atoms with van der Waals surface area (Å²) in [5.74, 6) is -0.211. The highest BCUT2D eigenvalue weighted by atomic mass is 19.1. The lowest BCUT2D eigenvalue weighted by atomic mass is 10.0. The van der Waals surface area contributed by atoms with Gasteiger partial charge in [0.2, 0.25) is 0 Å². The lowest BCUT2D eigenvalue weighted by Crippen LogP contribution is -2.14. The van der Waals surface area contributed by atoms with Gasteiger partial charge in [0.25, 0.3) is 0 Å². The SMILES string of the molecule is Cc1ccc(F)c([C@@H]2CCCN2)c1O. The molecular weight excluding hydrogens is 181 g/mol. The summed E-state index contributed by atoms with van der Waals surface area (Å²) in [5, 5.41) is 12.9. The lowest BCUT2D eigenvalue weighted by molar-refractivity contribution is 0.439. The van der Waals surface area contributed by atoms with Crippen molar-refractivity contribution in [2.24, 2.45) is 0 Å². The van der Waals surface area contributed by atoms with Crippen LogP contribution in [0.5, 0.6) is 5.75 Å². The van der Waals surface area contributed by atoms with E-state index in [0.29, 0.717) is 5.56 Å². The van der Waals surface area contributed by atoms with Gasteiger partial charge in [-0.2, -0.15) is 0 Å². The second-order valence-electron chi connectivity index (χ2n) is 3.78. The number of aryl methyl sites for hydroxylation is 1. The van der Waals surface area contributed by atoms with Crippen LogP contribution in [0.4, 0.5) is 4.39 Å². The molecule has 1 atom stereocenters. The molecule has 0 saturated carbocycles. The smallest absolute Gasteiger partial charge is 0.131 e. The molecule has 1 aliphatic heterocycles. The van der Waals surface area contributed by atoms with Crippen molar-refractivity contribution >= 4 is 0 Å². The molecule has 2 N–H and O–H groups in total. The van der Waals surface area contributed by atoms with Crippen LogP contribution in [-0.2, 0) is 0 Å². The van der Waals surface area contributed by atoms with Crippen molar-refractivity contribution in [3.05, 3.63) is 29.1 Å². The molecular formula is C11H14FNO. The van der Waals surface area contributed by atoms with Crippen LogP contribution in [0.1, 0.15) is 30.0 Å². The third kappa shape index (κ3) is 1.48. The fourth-order valence-electron chi connectivity index (χ4n) is 1.95. The second kappa shape index (κ2) is 3.58. The zero-order chi connectivity index (χ0) is 10.1. The Morgan fingerprint density at radius 2 is 2.29 bits per heavy atom. The van der Waals surface area contributed by atoms with Crippen molar-refractivity contribution in [1.29, 1.82) is 0 Å². The van der Waals surface area contributed by atoms with Crippen molar-refractivity contribution in [1.82, 2.24) is 5.32 Å². The summed E-state index contributed by atoms with van der Waals surface area (Å²) in [5.41, 5.74) is 1.16. The van der Waals surface area contributed by atoms with Gasteiger partial charge >= 0.3 is 0 Å². The monoisotopic (exact) mass is 195 g/mol. The molecule has 1 aromatic carbocycles. The number of phenols is 1. The van der Waals surface area contributed by atoms with Crippen LogP contribution in [0.3, 0.4) is 0 Å². The van der Waals surface area contributed by atoms with Crippen LogP contribution in [-0.4, -0.2) is 11.7 Å². The van der Waals surface area contributed by atoms with Gasteiger partial charge in [-0.15, -0.1) is 0 Å². The Labute approximate surface area is 82.8 Å². The molecule has 1 heterocycles. The molecule has 0 bridgehead atoms. The Bertz CT molecular complexity index is 345. The average Bonchev–Trinajstić information content (AvgIpc) is 2.65. The third-order valence-electron chi connectivity index (χ3n) is 2.77. The number of rotatable bonds is 1. The number of benzene rings is 1. The molecule has 14 heavy (non-hydrogen) atoms. The van der Waals surface area contributed by atoms with Gasteiger partial charge in [0, 0.05) is 11.6 Å². The van der Waals surface area contributed by atoms with E-state index in [-0.39, 0.29) is 17.6 Å². The van der Waals surface area contributed by atoms with Gasteiger partial charge in [0.15, 0.2) is 0 Å². The summed E-state index contributed by atoms with van der Waals surface area (Å²) in [6.45, 7) is 2.69. The van der Waals surface area contributed by atoms with Gasteiger partial charge in [-0.25, -0.2) is 4.39 Å². The molecule has 1 fully saturated rings. The Morgan fingerprint density at radius 3 is 2.93 bits per heavy atom. The lowest BCUT2D eigenvalue weighted by Gasteiger charge is -2.14. The van der Waals surface area contributed by atoms with E-state index in [0.717, 1.165) is 24.9 Å². The molecule has 1 saturated heterocycles. The number of aromatic hydroxyl groups is 1.